The second-order valence-electron chi connectivity index (χ2n) is 18.9. The maximum Gasteiger partial charge on any atom is 0.104 e. The summed E-state index contributed by atoms with van der Waals surface area (Å²) in [6.07, 6.45) is 45.5. The fraction of sp³-hybridized carbons (Fsp3) is 0.654. The van der Waals surface area contributed by atoms with Gasteiger partial charge in [-0.3, -0.25) is 0 Å². The minimum Gasteiger partial charge on any atom is -1.00 e. The van der Waals surface area contributed by atoms with E-state index in [9.17, 15) is 0 Å². The number of halogens is 2. The van der Waals surface area contributed by atoms with E-state index < -0.39 is 0 Å². The first-order valence-electron chi connectivity index (χ1n) is 22.3. The zero-order valence-electron chi connectivity index (χ0n) is 37.8. The molecule has 0 aliphatic rings. The molecule has 2 atom stereocenters. The Labute approximate surface area is 371 Å². The van der Waals surface area contributed by atoms with Gasteiger partial charge >= 0.3 is 0 Å². The number of hydrogen-bond donors (Lipinski definition) is 0. The van der Waals surface area contributed by atoms with Crippen molar-refractivity contribution >= 4 is 0 Å². The summed E-state index contributed by atoms with van der Waals surface area (Å²) in [4.78, 5) is 0. The number of quaternary nitrogens is 2. The van der Waals surface area contributed by atoms with Gasteiger partial charge in [-0.05, 0) is 116 Å². The first kappa shape index (κ1) is 56.6. The van der Waals surface area contributed by atoms with Gasteiger partial charge in [-0.2, -0.15) is 0 Å². The number of rotatable bonds is 36. The molecular formula is C52H90Br2N2. The summed E-state index contributed by atoms with van der Waals surface area (Å²) in [5, 5.41) is 0. The third kappa shape index (κ3) is 29.7. The highest BCUT2D eigenvalue weighted by atomic mass is 79.9. The van der Waals surface area contributed by atoms with E-state index in [2.05, 4.69) is 129 Å². The average molecular weight is 903 g/mol. The lowest BCUT2D eigenvalue weighted by molar-refractivity contribution is -0.910. The summed E-state index contributed by atoms with van der Waals surface area (Å²) in [5.74, 6) is 0. The van der Waals surface area contributed by atoms with Crippen molar-refractivity contribution in [1.82, 2.24) is 0 Å². The minimum absolute atomic E-state index is 0. The van der Waals surface area contributed by atoms with Gasteiger partial charge in [-0.1, -0.05) is 112 Å². The van der Waals surface area contributed by atoms with Crippen LogP contribution in [0, 0.1) is 10.8 Å². The Morgan fingerprint density at radius 3 is 1.11 bits per heavy atom. The lowest BCUT2D eigenvalue weighted by Gasteiger charge is -2.40. The molecule has 0 amide bonds. The van der Waals surface area contributed by atoms with Crippen molar-refractivity contribution in [3.63, 3.8) is 0 Å². The third-order valence-electron chi connectivity index (χ3n) is 11.5. The average Bonchev–Trinajstić information content (AvgIpc) is 3.11. The molecule has 4 heteroatoms. The van der Waals surface area contributed by atoms with Gasteiger partial charge in [0, 0.05) is 22.0 Å². The monoisotopic (exact) mass is 901 g/mol. The van der Waals surface area contributed by atoms with Gasteiger partial charge in [0.05, 0.1) is 41.3 Å². The van der Waals surface area contributed by atoms with E-state index in [1.807, 2.05) is 12.2 Å². The summed E-state index contributed by atoms with van der Waals surface area (Å²) in [6.45, 7) is 25.3. The lowest BCUT2D eigenvalue weighted by atomic mass is 9.79. The van der Waals surface area contributed by atoms with Crippen molar-refractivity contribution in [2.24, 2.45) is 10.8 Å². The molecule has 0 N–H and O–H groups in total. The first-order valence-corrected chi connectivity index (χ1v) is 22.3. The standard InChI is InChI=1S/C52H90N2.2BrH/c1-11-15-19-21-23-25-27-29-31-32-35-43-51(5,41-18-14-4)47-53(7,8)45-49-37-39-50(40-38-49)46-54(9,10)48-52(6,42-34-17-13-3)44-36-33-30-28-26-24-22-20-16-12-2;;/h11-14,29-31,33,37-40H,1-4,15-28,32,34-36,41-48H2,5-10H3;2*1H/q+2;;/p-2/b31-29+,33-30+;;. The highest BCUT2D eigenvalue weighted by molar-refractivity contribution is 5.21. The van der Waals surface area contributed by atoms with Crippen LogP contribution < -0.4 is 34.0 Å². The SMILES string of the molecule is C=CCCCCCC/C=C/CCCC(C)(CCC=C)C[N+](C)(C)Cc1ccc(C[N+](C)(C)CC(C)(CC/C=C/CCCCCCC=C)CCCC=C)cc1.[Br-].[Br-]. The van der Waals surface area contributed by atoms with E-state index in [0.717, 1.165) is 47.7 Å². The van der Waals surface area contributed by atoms with E-state index in [-0.39, 0.29) is 34.0 Å². The Bertz CT molecular complexity index is 1200. The van der Waals surface area contributed by atoms with Crippen LogP contribution >= 0.6 is 0 Å². The second kappa shape index (κ2) is 33.4. The number of hydrogen-bond acceptors (Lipinski definition) is 0. The largest absolute Gasteiger partial charge is 1.00 e. The maximum absolute atomic E-state index is 4.06. The van der Waals surface area contributed by atoms with Crippen LogP contribution in [0.5, 0.6) is 0 Å². The van der Waals surface area contributed by atoms with E-state index in [1.54, 1.807) is 0 Å². The molecule has 0 saturated carbocycles. The topological polar surface area (TPSA) is 0 Å². The normalized spacial score (nSPS) is 14.1. The van der Waals surface area contributed by atoms with Gasteiger partial charge in [-0.15, -0.1) is 26.3 Å². The van der Waals surface area contributed by atoms with E-state index >= 15 is 0 Å². The number of benzene rings is 1. The van der Waals surface area contributed by atoms with Gasteiger partial charge in [0.25, 0.3) is 0 Å². The molecule has 322 valence electrons. The van der Waals surface area contributed by atoms with Crippen LogP contribution in [0.15, 0.2) is 99.2 Å². The molecule has 0 aromatic heterocycles. The summed E-state index contributed by atoms with van der Waals surface area (Å²) >= 11 is 0. The van der Waals surface area contributed by atoms with E-state index in [4.69, 9.17) is 0 Å². The molecule has 1 rings (SSSR count). The summed E-state index contributed by atoms with van der Waals surface area (Å²) in [6, 6.07) is 9.65. The van der Waals surface area contributed by atoms with Gasteiger partial charge < -0.3 is 42.9 Å². The minimum atomic E-state index is 0. The first-order chi connectivity index (χ1) is 25.8. The van der Waals surface area contributed by atoms with Gasteiger partial charge in [0.15, 0.2) is 0 Å². The molecule has 0 spiro atoms. The van der Waals surface area contributed by atoms with Gasteiger partial charge in [-0.25, -0.2) is 0 Å². The Morgan fingerprint density at radius 1 is 0.411 bits per heavy atom. The fourth-order valence-electron chi connectivity index (χ4n) is 8.97. The Morgan fingerprint density at radius 2 is 0.714 bits per heavy atom. The van der Waals surface area contributed by atoms with Crippen LogP contribution in [0.3, 0.4) is 0 Å². The van der Waals surface area contributed by atoms with Crippen molar-refractivity contribution in [2.45, 2.75) is 168 Å². The van der Waals surface area contributed by atoms with Crippen molar-refractivity contribution in [3.8, 4) is 0 Å². The molecule has 0 fully saturated rings. The molecule has 0 heterocycles. The van der Waals surface area contributed by atoms with E-state index in [0.29, 0.717) is 10.8 Å². The van der Waals surface area contributed by atoms with Crippen LogP contribution in [0.4, 0.5) is 0 Å². The molecular weight excluding hydrogens is 812 g/mol. The van der Waals surface area contributed by atoms with Crippen LogP contribution in [0.1, 0.15) is 166 Å². The highest BCUT2D eigenvalue weighted by Gasteiger charge is 2.33. The summed E-state index contributed by atoms with van der Waals surface area (Å²) in [5.41, 5.74) is 3.54. The number of unbranched alkanes of at least 4 members (excludes halogenated alkanes) is 12. The lowest BCUT2D eigenvalue weighted by Crippen LogP contribution is -3.00. The zero-order chi connectivity index (χ0) is 40.0. The molecule has 56 heavy (non-hydrogen) atoms. The predicted octanol–water partition coefficient (Wildman–Crippen LogP) is 9.30. The molecule has 1 aromatic carbocycles. The molecule has 0 aliphatic carbocycles. The van der Waals surface area contributed by atoms with Gasteiger partial charge in [0.1, 0.15) is 13.1 Å². The number of allylic oxidation sites excluding steroid dienone is 8. The molecule has 0 bridgehead atoms. The van der Waals surface area contributed by atoms with Crippen LogP contribution in [0.2, 0.25) is 0 Å². The van der Waals surface area contributed by atoms with Crippen LogP contribution in [-0.2, 0) is 13.1 Å². The molecule has 0 aliphatic heterocycles. The quantitative estimate of drug-likeness (QED) is 0.0358. The van der Waals surface area contributed by atoms with Gasteiger partial charge in [0.2, 0.25) is 0 Å². The summed E-state index contributed by atoms with van der Waals surface area (Å²) in [7, 11) is 9.75. The van der Waals surface area contributed by atoms with Crippen molar-refractivity contribution in [3.05, 3.63) is 110 Å². The molecule has 2 nitrogen and oxygen atoms in total. The van der Waals surface area contributed by atoms with Crippen molar-refractivity contribution < 1.29 is 42.9 Å². The van der Waals surface area contributed by atoms with Crippen LogP contribution in [-0.4, -0.2) is 50.2 Å². The zero-order valence-corrected chi connectivity index (χ0v) is 41.0. The number of nitrogens with zero attached hydrogens (tertiary/aromatic N) is 2. The molecule has 0 radical (unpaired) electrons. The predicted molar refractivity (Wildman–Crippen MR) is 245 cm³/mol. The highest BCUT2D eigenvalue weighted by Crippen LogP contribution is 2.35. The Balaban J connectivity index is 0. The van der Waals surface area contributed by atoms with Crippen LogP contribution in [0.25, 0.3) is 0 Å². The molecule has 0 saturated heterocycles. The van der Waals surface area contributed by atoms with Crippen molar-refractivity contribution in [2.75, 3.05) is 41.3 Å². The Kier molecular flexibility index (Phi) is 33.8. The smallest absolute Gasteiger partial charge is 0.104 e. The summed E-state index contributed by atoms with van der Waals surface area (Å²) < 4.78 is 2.04. The Hall–Kier alpha value is -1.46. The third-order valence-corrected chi connectivity index (χ3v) is 11.5. The maximum atomic E-state index is 4.06. The molecule has 1 aromatic rings. The fourth-order valence-corrected chi connectivity index (χ4v) is 8.97. The second-order valence-corrected chi connectivity index (χ2v) is 18.9. The van der Waals surface area contributed by atoms with Crippen molar-refractivity contribution in [1.29, 1.82) is 0 Å². The molecule has 2 unspecified atom stereocenters. The van der Waals surface area contributed by atoms with E-state index in [1.165, 1.54) is 140 Å².